The number of unbranched alkanes of at least 4 members (excludes halogenated alkanes) is 2. The fraction of sp³-hybridized carbons (Fsp3) is 0.800. The fourth-order valence-electron chi connectivity index (χ4n) is 0.600. The fourth-order valence-corrected chi connectivity index (χ4v) is 0.933. The predicted octanol–water partition coefficient (Wildman–Crippen LogP) is 3.27. The molecule has 1 radical (unpaired) electrons. The van der Waals surface area contributed by atoms with E-state index in [1.165, 1.54) is 0 Å². The zero-order valence-corrected chi connectivity index (χ0v) is 14.3. The summed E-state index contributed by atoms with van der Waals surface area (Å²) in [5.41, 5.74) is 0. The molecule has 0 aliphatic rings. The maximum absolute atomic E-state index is 4.83. The van der Waals surface area contributed by atoms with Crippen LogP contribution in [0.25, 0.3) is 0 Å². The summed E-state index contributed by atoms with van der Waals surface area (Å²) >= 11 is 18.0. The van der Waals surface area contributed by atoms with E-state index in [-0.39, 0.29) is 25.5 Å². The second kappa shape index (κ2) is 19.1. The van der Waals surface area contributed by atoms with Gasteiger partial charge in [0, 0.05) is 8.77 Å². The third-order valence-electron chi connectivity index (χ3n) is 1.44. The summed E-state index contributed by atoms with van der Waals surface area (Å²) in [5.74, 6) is 0. The molecule has 0 spiro atoms. The van der Waals surface area contributed by atoms with Crippen molar-refractivity contribution in [1.29, 1.82) is 0 Å². The van der Waals surface area contributed by atoms with E-state index in [1.54, 1.807) is 0 Å². The molecule has 0 rings (SSSR count). The third-order valence-corrected chi connectivity index (χ3v) is 1.91. The van der Waals surface area contributed by atoms with Crippen LogP contribution < -0.4 is 0 Å². The van der Waals surface area contributed by atoms with E-state index in [4.69, 9.17) is 9.47 Å². The van der Waals surface area contributed by atoms with Crippen LogP contribution in [0.4, 0.5) is 0 Å². The number of thiocarbonyl (C=S) groups is 2. The molecule has 0 unspecified atom stereocenters. The van der Waals surface area contributed by atoms with Gasteiger partial charge in [0.25, 0.3) is 0 Å². The van der Waals surface area contributed by atoms with Crippen LogP contribution in [0.1, 0.15) is 39.5 Å². The van der Waals surface area contributed by atoms with Gasteiger partial charge in [0.2, 0.25) is 0 Å². The van der Waals surface area contributed by atoms with E-state index in [2.05, 4.69) is 63.5 Å². The molecule has 7 heteroatoms. The van der Waals surface area contributed by atoms with Crippen molar-refractivity contribution in [2.45, 2.75) is 39.5 Å². The van der Waals surface area contributed by atoms with Crippen molar-refractivity contribution in [3.8, 4) is 0 Å². The second-order valence-electron chi connectivity index (χ2n) is 2.90. The first kappa shape index (κ1) is 22.9. The molecule has 0 aromatic heterocycles. The van der Waals surface area contributed by atoms with Gasteiger partial charge in [-0.25, -0.2) is 0 Å². The predicted molar refractivity (Wildman–Crippen MR) is 81.6 cm³/mol. The Balaban J connectivity index is -0.000000218. The zero-order chi connectivity index (χ0) is 12.8. The molecular formula is C10H18CoO2S4. The van der Waals surface area contributed by atoms with Gasteiger partial charge in [-0.2, -0.15) is 0 Å². The number of hydrogen-bond donors (Lipinski definition) is 0. The molecule has 0 heterocycles. The molecule has 0 fully saturated rings. The van der Waals surface area contributed by atoms with Gasteiger partial charge in [-0.1, -0.05) is 26.7 Å². The Morgan fingerprint density at radius 2 is 1.18 bits per heavy atom. The summed E-state index contributed by atoms with van der Waals surface area (Å²) in [7, 11) is 0. The van der Waals surface area contributed by atoms with E-state index in [0.29, 0.717) is 13.2 Å². The van der Waals surface area contributed by atoms with Gasteiger partial charge in [0.05, 0.1) is 13.2 Å². The summed E-state index contributed by atoms with van der Waals surface area (Å²) in [6.07, 6.45) is 4.32. The van der Waals surface area contributed by atoms with Crippen molar-refractivity contribution >= 4 is 58.5 Å². The molecule has 103 valence electrons. The molecular weight excluding hydrogens is 339 g/mol. The molecule has 0 aliphatic heterocycles. The molecule has 0 saturated heterocycles. The second-order valence-corrected chi connectivity index (χ2v) is 4.90. The van der Waals surface area contributed by atoms with Gasteiger partial charge >= 0.3 is 16.8 Å². The van der Waals surface area contributed by atoms with Crippen LogP contribution in [-0.4, -0.2) is 22.0 Å². The van der Waals surface area contributed by atoms with E-state index in [1.807, 2.05) is 0 Å². The Bertz CT molecular complexity index is 171. The zero-order valence-electron chi connectivity index (χ0n) is 10.0. The van der Waals surface area contributed by atoms with E-state index in [9.17, 15) is 0 Å². The summed E-state index contributed by atoms with van der Waals surface area (Å²) in [5, 5.41) is 0. The molecule has 0 aliphatic carbocycles. The summed E-state index contributed by atoms with van der Waals surface area (Å²) < 4.78 is 10.1. The van der Waals surface area contributed by atoms with Gasteiger partial charge in [-0.05, 0) is 12.8 Å². The van der Waals surface area contributed by atoms with Crippen molar-refractivity contribution in [2.75, 3.05) is 13.2 Å². The molecule has 0 bridgehead atoms. The molecule has 0 N–H and O–H groups in total. The first-order valence-electron chi connectivity index (χ1n) is 5.22. The largest absolute Gasteiger partial charge is 2.00 e. The topological polar surface area (TPSA) is 18.5 Å². The SMILES string of the molecule is CCCCOC(=S)[S-].CCCCOC(=S)[S-].[Co+2]. The molecule has 0 saturated carbocycles. The first-order chi connectivity index (χ1) is 7.54. The van der Waals surface area contributed by atoms with Crippen LogP contribution in [0.2, 0.25) is 0 Å². The average Bonchev–Trinajstić information content (AvgIpc) is 2.18. The molecule has 0 atom stereocenters. The van der Waals surface area contributed by atoms with Gasteiger partial charge < -0.3 is 59.2 Å². The number of rotatable bonds is 6. The average molecular weight is 357 g/mol. The van der Waals surface area contributed by atoms with Crippen LogP contribution in [0.3, 0.4) is 0 Å². The van der Waals surface area contributed by atoms with Gasteiger partial charge in [-0.3, -0.25) is 0 Å². The molecule has 2 nitrogen and oxygen atoms in total. The van der Waals surface area contributed by atoms with Crippen molar-refractivity contribution in [2.24, 2.45) is 0 Å². The van der Waals surface area contributed by atoms with Crippen molar-refractivity contribution in [3.05, 3.63) is 0 Å². The van der Waals surface area contributed by atoms with Gasteiger partial charge in [0.1, 0.15) is 0 Å². The third kappa shape index (κ3) is 31.5. The minimum Gasteiger partial charge on any atom is -0.514 e. The van der Waals surface area contributed by atoms with Crippen LogP contribution in [0.15, 0.2) is 0 Å². The maximum atomic E-state index is 4.83. The molecule has 17 heavy (non-hydrogen) atoms. The Kier molecular flexibility index (Phi) is 25.7. The minimum atomic E-state index is 0. The Morgan fingerprint density at radius 1 is 0.882 bits per heavy atom. The molecule has 0 aromatic rings. The van der Waals surface area contributed by atoms with E-state index < -0.39 is 0 Å². The standard InChI is InChI=1S/2C5H10OS2.Co/c2*1-2-3-4-6-5(7)8;/h2*2-4H2,1H3,(H,7,8);/q;;+2/p-2. The van der Waals surface area contributed by atoms with Crippen LogP contribution in [0.5, 0.6) is 0 Å². The number of ether oxygens (including phenoxy) is 2. The van der Waals surface area contributed by atoms with Crippen LogP contribution >= 0.6 is 24.4 Å². The van der Waals surface area contributed by atoms with Crippen LogP contribution in [0, 0.1) is 0 Å². The van der Waals surface area contributed by atoms with E-state index >= 15 is 0 Å². The molecule has 0 aromatic carbocycles. The normalized spacial score (nSPS) is 8.12. The minimum absolute atomic E-state index is 0. The van der Waals surface area contributed by atoms with Crippen molar-refractivity contribution in [3.63, 3.8) is 0 Å². The quantitative estimate of drug-likeness (QED) is 0.410. The van der Waals surface area contributed by atoms with Crippen molar-refractivity contribution < 1.29 is 26.3 Å². The number of hydrogen-bond acceptors (Lipinski definition) is 6. The Labute approximate surface area is 137 Å². The molecule has 0 amide bonds. The summed E-state index contributed by atoms with van der Waals surface area (Å²) in [4.78, 5) is 0. The maximum Gasteiger partial charge on any atom is 2.00 e. The summed E-state index contributed by atoms with van der Waals surface area (Å²) in [6, 6.07) is 0. The van der Waals surface area contributed by atoms with Crippen molar-refractivity contribution in [1.82, 2.24) is 0 Å². The first-order valence-corrected chi connectivity index (χ1v) is 6.85. The summed E-state index contributed by atoms with van der Waals surface area (Å²) in [6.45, 7) is 5.54. The van der Waals surface area contributed by atoms with Crippen LogP contribution in [-0.2, 0) is 51.5 Å². The Hall–Kier alpha value is 0.726. The van der Waals surface area contributed by atoms with E-state index in [0.717, 1.165) is 25.7 Å². The van der Waals surface area contributed by atoms with Gasteiger partial charge in [-0.15, -0.1) is 0 Å². The van der Waals surface area contributed by atoms with Gasteiger partial charge in [0.15, 0.2) is 0 Å². The monoisotopic (exact) mass is 357 g/mol. The smallest absolute Gasteiger partial charge is 0.514 e. The Morgan fingerprint density at radius 3 is 1.35 bits per heavy atom.